The second-order valence-electron chi connectivity index (χ2n) is 7.33. The van der Waals surface area contributed by atoms with Crippen LogP contribution in [0.4, 0.5) is 5.69 Å². The molecular weight excluding hydrogens is 376 g/mol. The van der Waals surface area contributed by atoms with Crippen LogP contribution >= 0.6 is 0 Å². The Morgan fingerprint density at radius 2 is 1.77 bits per heavy atom. The van der Waals surface area contributed by atoms with Gasteiger partial charge in [-0.25, -0.2) is 0 Å². The van der Waals surface area contributed by atoms with Gasteiger partial charge in [-0.2, -0.15) is 0 Å². The Bertz CT molecular complexity index is 1270. The molecule has 5 heteroatoms. The fraction of sp³-hybridized carbons (Fsp3) is 0.120. The third kappa shape index (κ3) is 4.41. The molecule has 3 aromatic carbocycles. The molecule has 0 aliphatic carbocycles. The average molecular weight is 398 g/mol. The number of carbonyl (C=O) groups excluding carboxylic acids is 1. The van der Waals surface area contributed by atoms with E-state index in [1.165, 1.54) is 5.56 Å². The van der Waals surface area contributed by atoms with Crippen molar-refractivity contribution in [2.24, 2.45) is 0 Å². The van der Waals surface area contributed by atoms with E-state index in [1.807, 2.05) is 62.4 Å². The van der Waals surface area contributed by atoms with Crippen LogP contribution in [0.5, 0.6) is 5.75 Å². The molecule has 0 saturated heterocycles. The van der Waals surface area contributed by atoms with Gasteiger partial charge in [0.15, 0.2) is 0 Å². The van der Waals surface area contributed by atoms with E-state index in [2.05, 4.69) is 10.3 Å². The minimum Gasteiger partial charge on any atom is -0.489 e. The van der Waals surface area contributed by atoms with Gasteiger partial charge in [-0.15, -0.1) is 0 Å². The third-order valence-corrected chi connectivity index (χ3v) is 4.93. The third-order valence-electron chi connectivity index (χ3n) is 4.93. The number of nitrogens with one attached hydrogen (secondary N) is 2. The predicted octanol–water partition coefficient (Wildman–Crippen LogP) is 4.98. The first-order valence-electron chi connectivity index (χ1n) is 9.71. The number of aromatic amines is 1. The summed E-state index contributed by atoms with van der Waals surface area (Å²) in [6.07, 6.45) is 0. The lowest BCUT2D eigenvalue weighted by atomic mass is 10.1. The van der Waals surface area contributed by atoms with Crippen molar-refractivity contribution in [1.82, 2.24) is 4.98 Å². The number of carbonyl (C=O) groups is 1. The maximum absolute atomic E-state index is 12.7. The zero-order valence-corrected chi connectivity index (χ0v) is 16.9. The van der Waals surface area contributed by atoms with Gasteiger partial charge in [-0.1, -0.05) is 42.0 Å². The second-order valence-corrected chi connectivity index (χ2v) is 7.33. The lowest BCUT2D eigenvalue weighted by Crippen LogP contribution is -2.13. The smallest absolute Gasteiger partial charge is 0.255 e. The second kappa shape index (κ2) is 8.25. The van der Waals surface area contributed by atoms with Gasteiger partial charge in [-0.3, -0.25) is 9.59 Å². The van der Waals surface area contributed by atoms with Gasteiger partial charge >= 0.3 is 0 Å². The normalized spacial score (nSPS) is 10.7. The summed E-state index contributed by atoms with van der Waals surface area (Å²) >= 11 is 0. The lowest BCUT2D eigenvalue weighted by Gasteiger charge is -2.10. The molecule has 0 fully saturated rings. The molecule has 30 heavy (non-hydrogen) atoms. The van der Waals surface area contributed by atoms with Crippen LogP contribution in [0.25, 0.3) is 10.9 Å². The topological polar surface area (TPSA) is 71.2 Å². The molecule has 0 atom stereocenters. The minimum atomic E-state index is -0.255. The molecular formula is C25H22N2O3. The first kappa shape index (κ1) is 19.5. The number of pyridine rings is 1. The molecule has 1 heterocycles. The van der Waals surface area contributed by atoms with Crippen molar-refractivity contribution in [3.8, 4) is 5.75 Å². The van der Waals surface area contributed by atoms with Gasteiger partial charge in [0.2, 0.25) is 5.56 Å². The molecule has 0 spiro atoms. The molecule has 0 radical (unpaired) electrons. The first-order valence-corrected chi connectivity index (χ1v) is 9.71. The van der Waals surface area contributed by atoms with E-state index in [4.69, 9.17) is 4.74 Å². The number of fused-ring (bicyclic) bond motifs is 1. The number of hydrogen-bond donors (Lipinski definition) is 2. The summed E-state index contributed by atoms with van der Waals surface area (Å²) < 4.78 is 5.85. The minimum absolute atomic E-state index is 0.184. The summed E-state index contributed by atoms with van der Waals surface area (Å²) in [7, 11) is 0. The monoisotopic (exact) mass is 398 g/mol. The van der Waals surface area contributed by atoms with Gasteiger partial charge in [0.05, 0.1) is 0 Å². The zero-order chi connectivity index (χ0) is 21.1. The highest BCUT2D eigenvalue weighted by Gasteiger charge is 2.09. The fourth-order valence-corrected chi connectivity index (χ4v) is 3.29. The van der Waals surface area contributed by atoms with E-state index in [-0.39, 0.29) is 11.5 Å². The van der Waals surface area contributed by atoms with Crippen LogP contribution in [0.2, 0.25) is 0 Å². The standard InChI is InChI=1S/C25H22N2O3/c1-16-6-8-18(9-7-16)15-30-21-5-3-4-20(14-21)26-25(29)19-10-11-22-17(2)12-24(28)27-23(22)13-19/h3-14H,15H2,1-2H3,(H,26,29)(H,27,28). The number of aryl methyl sites for hydroxylation is 2. The van der Waals surface area contributed by atoms with Gasteiger partial charge < -0.3 is 15.0 Å². The Labute approximate surface area is 174 Å². The maximum atomic E-state index is 12.7. The van der Waals surface area contributed by atoms with Crippen molar-refractivity contribution < 1.29 is 9.53 Å². The number of benzene rings is 3. The van der Waals surface area contributed by atoms with E-state index in [0.717, 1.165) is 16.5 Å². The van der Waals surface area contributed by atoms with Crippen LogP contribution < -0.4 is 15.6 Å². The quantitative estimate of drug-likeness (QED) is 0.498. The van der Waals surface area contributed by atoms with Crippen molar-refractivity contribution in [3.05, 3.63) is 105 Å². The summed E-state index contributed by atoms with van der Waals surface area (Å²) in [5.41, 5.74) is 4.72. The van der Waals surface area contributed by atoms with E-state index in [9.17, 15) is 9.59 Å². The van der Waals surface area contributed by atoms with E-state index in [1.54, 1.807) is 24.3 Å². The average Bonchev–Trinajstić information content (AvgIpc) is 2.73. The van der Waals surface area contributed by atoms with Crippen molar-refractivity contribution >= 4 is 22.5 Å². The maximum Gasteiger partial charge on any atom is 0.255 e. The highest BCUT2D eigenvalue weighted by Crippen LogP contribution is 2.21. The van der Waals surface area contributed by atoms with Gasteiger partial charge in [0.1, 0.15) is 12.4 Å². The first-order chi connectivity index (χ1) is 14.5. The number of rotatable bonds is 5. The molecule has 0 aliphatic heterocycles. The number of hydrogen-bond acceptors (Lipinski definition) is 3. The summed E-state index contributed by atoms with van der Waals surface area (Å²) in [5, 5.41) is 3.80. The summed E-state index contributed by atoms with van der Waals surface area (Å²) in [4.78, 5) is 27.2. The lowest BCUT2D eigenvalue weighted by molar-refractivity contribution is 0.102. The molecule has 4 rings (SSSR count). The molecule has 0 bridgehead atoms. The molecule has 0 unspecified atom stereocenters. The molecule has 0 saturated carbocycles. The van der Waals surface area contributed by atoms with Crippen LogP contribution in [0.1, 0.15) is 27.0 Å². The van der Waals surface area contributed by atoms with Gasteiger partial charge in [0, 0.05) is 34.3 Å². The molecule has 5 nitrogen and oxygen atoms in total. The summed E-state index contributed by atoms with van der Waals surface area (Å²) in [6.45, 7) is 4.37. The highest BCUT2D eigenvalue weighted by atomic mass is 16.5. The SMILES string of the molecule is Cc1ccc(COc2cccc(NC(=O)c3ccc4c(C)cc(=O)[nH]c4c3)c2)cc1. The Hall–Kier alpha value is -3.86. The summed E-state index contributed by atoms with van der Waals surface area (Å²) in [6, 6.07) is 22.3. The molecule has 150 valence electrons. The molecule has 1 amide bonds. The van der Waals surface area contributed by atoms with Crippen molar-refractivity contribution in [3.63, 3.8) is 0 Å². The summed E-state index contributed by atoms with van der Waals surface area (Å²) in [5.74, 6) is 0.418. The van der Waals surface area contributed by atoms with Gasteiger partial charge in [0.25, 0.3) is 5.91 Å². The Balaban J connectivity index is 1.48. The number of anilines is 1. The predicted molar refractivity (Wildman–Crippen MR) is 119 cm³/mol. The molecule has 1 aromatic heterocycles. The van der Waals surface area contributed by atoms with Crippen molar-refractivity contribution in [1.29, 1.82) is 0 Å². The van der Waals surface area contributed by atoms with Gasteiger partial charge in [-0.05, 0) is 49.2 Å². The number of ether oxygens (including phenoxy) is 1. The Morgan fingerprint density at radius 3 is 2.57 bits per heavy atom. The highest BCUT2D eigenvalue weighted by molar-refractivity contribution is 6.06. The number of H-pyrrole nitrogens is 1. The fourth-order valence-electron chi connectivity index (χ4n) is 3.29. The van der Waals surface area contributed by atoms with E-state index in [0.29, 0.717) is 29.1 Å². The molecule has 0 aliphatic rings. The van der Waals surface area contributed by atoms with Crippen LogP contribution in [-0.2, 0) is 6.61 Å². The van der Waals surface area contributed by atoms with Crippen LogP contribution in [0.15, 0.2) is 77.6 Å². The Kier molecular flexibility index (Phi) is 5.35. The van der Waals surface area contributed by atoms with E-state index >= 15 is 0 Å². The number of aromatic nitrogens is 1. The largest absolute Gasteiger partial charge is 0.489 e. The van der Waals surface area contributed by atoms with Crippen molar-refractivity contribution in [2.45, 2.75) is 20.5 Å². The van der Waals surface area contributed by atoms with Crippen LogP contribution in [0, 0.1) is 13.8 Å². The molecule has 4 aromatic rings. The van der Waals surface area contributed by atoms with Crippen LogP contribution in [0.3, 0.4) is 0 Å². The van der Waals surface area contributed by atoms with Crippen LogP contribution in [-0.4, -0.2) is 10.9 Å². The van der Waals surface area contributed by atoms with E-state index < -0.39 is 0 Å². The Morgan fingerprint density at radius 1 is 0.967 bits per heavy atom. The van der Waals surface area contributed by atoms with Crippen molar-refractivity contribution in [2.75, 3.05) is 5.32 Å². The zero-order valence-electron chi connectivity index (χ0n) is 16.9. The molecule has 2 N–H and O–H groups in total. The number of amides is 1.